The molecule has 0 bridgehead atoms. The highest BCUT2D eigenvalue weighted by molar-refractivity contribution is 6.03. The molecule has 0 radical (unpaired) electrons. The normalized spacial score (nSPS) is 13.9. The Labute approximate surface area is 131 Å². The third-order valence-electron chi connectivity index (χ3n) is 3.17. The fourth-order valence-corrected chi connectivity index (χ4v) is 2.08. The van der Waals surface area contributed by atoms with E-state index < -0.39 is 23.8 Å². The zero-order valence-electron chi connectivity index (χ0n) is 12.7. The number of nitrogens with two attached hydrogens (primary N) is 1. The van der Waals surface area contributed by atoms with Gasteiger partial charge in [-0.2, -0.15) is 0 Å². The van der Waals surface area contributed by atoms with Gasteiger partial charge in [-0.1, -0.05) is 0 Å². The highest BCUT2D eigenvalue weighted by Crippen LogP contribution is 2.23. The summed E-state index contributed by atoms with van der Waals surface area (Å²) in [6.07, 6.45) is -0.994. The molecule has 0 atom stereocenters. The number of hydrogen-bond acceptors (Lipinski definition) is 6. The molecule has 0 aliphatic carbocycles. The fraction of sp³-hybridized carbons (Fsp3) is 0.286. The molecule has 2 rings (SSSR count). The van der Waals surface area contributed by atoms with Crippen molar-refractivity contribution in [2.24, 2.45) is 5.73 Å². The summed E-state index contributed by atoms with van der Waals surface area (Å²) >= 11 is 0. The van der Waals surface area contributed by atoms with Crippen LogP contribution in [0.4, 0.5) is 16.2 Å². The third kappa shape index (κ3) is 3.57. The van der Waals surface area contributed by atoms with Gasteiger partial charge in [0.1, 0.15) is 0 Å². The minimum atomic E-state index is -1.01. The first kappa shape index (κ1) is 16.3. The number of anilines is 2. The molecule has 3 N–H and O–H groups in total. The number of primary amides is 1. The minimum absolute atomic E-state index is 0.00939. The van der Waals surface area contributed by atoms with E-state index in [1.807, 2.05) is 0 Å². The fourth-order valence-electron chi connectivity index (χ4n) is 2.08. The van der Waals surface area contributed by atoms with Crippen LogP contribution in [-0.4, -0.2) is 43.0 Å². The smallest absolute Gasteiger partial charge is 0.377 e. The van der Waals surface area contributed by atoms with Gasteiger partial charge in [-0.15, -0.1) is 5.06 Å². The van der Waals surface area contributed by atoms with Crippen LogP contribution < -0.4 is 16.0 Å². The van der Waals surface area contributed by atoms with Crippen molar-refractivity contribution in [2.75, 3.05) is 24.3 Å². The van der Waals surface area contributed by atoms with Crippen molar-refractivity contribution in [3.8, 4) is 0 Å². The van der Waals surface area contributed by atoms with E-state index in [9.17, 15) is 19.2 Å². The predicted octanol–water partition coefficient (Wildman–Crippen LogP) is 0.464. The van der Waals surface area contributed by atoms with Crippen LogP contribution in [0, 0.1) is 0 Å². The second-order valence-electron chi connectivity index (χ2n) is 5.08. The van der Waals surface area contributed by atoms with Crippen LogP contribution in [-0.2, 0) is 14.4 Å². The van der Waals surface area contributed by atoms with Crippen molar-refractivity contribution in [1.82, 2.24) is 5.06 Å². The average molecular weight is 320 g/mol. The summed E-state index contributed by atoms with van der Waals surface area (Å²) in [5.74, 6) is -1.81. The second kappa shape index (κ2) is 6.34. The summed E-state index contributed by atoms with van der Waals surface area (Å²) in [5.41, 5.74) is 6.35. The Bertz CT molecular complexity index is 670. The third-order valence-corrected chi connectivity index (χ3v) is 3.17. The molecular formula is C14H16N4O5. The van der Waals surface area contributed by atoms with Gasteiger partial charge in [0.15, 0.2) is 0 Å². The van der Waals surface area contributed by atoms with Crippen molar-refractivity contribution < 1.29 is 24.0 Å². The van der Waals surface area contributed by atoms with E-state index in [1.165, 1.54) is 12.1 Å². The summed E-state index contributed by atoms with van der Waals surface area (Å²) < 4.78 is 0. The van der Waals surface area contributed by atoms with Gasteiger partial charge in [0.25, 0.3) is 17.7 Å². The van der Waals surface area contributed by atoms with Gasteiger partial charge in [0.05, 0.1) is 5.56 Å². The molecule has 1 heterocycles. The number of amides is 4. The van der Waals surface area contributed by atoms with Gasteiger partial charge in [0, 0.05) is 38.3 Å². The molecule has 9 heteroatoms. The monoisotopic (exact) mass is 320 g/mol. The summed E-state index contributed by atoms with van der Waals surface area (Å²) in [6.45, 7) is 0. The lowest BCUT2D eigenvalue weighted by atomic mass is 10.1. The van der Waals surface area contributed by atoms with Crippen molar-refractivity contribution in [1.29, 1.82) is 0 Å². The predicted molar refractivity (Wildman–Crippen MR) is 80.5 cm³/mol. The number of rotatable bonds is 4. The van der Waals surface area contributed by atoms with E-state index in [0.717, 1.165) is 0 Å². The molecule has 1 aliphatic heterocycles. The molecule has 1 aromatic carbocycles. The Morgan fingerprint density at radius 2 is 1.83 bits per heavy atom. The molecule has 9 nitrogen and oxygen atoms in total. The maximum Gasteiger partial charge on any atom is 0.436 e. The largest absolute Gasteiger partial charge is 0.436 e. The number of nitrogens with one attached hydrogen (secondary N) is 1. The molecule has 1 aliphatic rings. The molecule has 1 saturated heterocycles. The van der Waals surface area contributed by atoms with Crippen LogP contribution in [0.25, 0.3) is 0 Å². The number of carbonyl (C=O) groups is 4. The second-order valence-corrected chi connectivity index (χ2v) is 5.08. The van der Waals surface area contributed by atoms with Crippen LogP contribution in [0.2, 0.25) is 0 Å². The van der Waals surface area contributed by atoms with E-state index >= 15 is 0 Å². The first-order chi connectivity index (χ1) is 10.8. The van der Waals surface area contributed by atoms with Gasteiger partial charge in [-0.3, -0.25) is 19.7 Å². The number of hydroxylamine groups is 2. The Morgan fingerprint density at radius 1 is 1.22 bits per heavy atom. The van der Waals surface area contributed by atoms with Crippen LogP contribution in [0.1, 0.15) is 23.2 Å². The van der Waals surface area contributed by atoms with E-state index in [1.54, 1.807) is 25.1 Å². The average Bonchev–Trinajstić information content (AvgIpc) is 2.78. The van der Waals surface area contributed by atoms with Crippen molar-refractivity contribution in [3.05, 3.63) is 23.8 Å². The lowest BCUT2D eigenvalue weighted by molar-refractivity contribution is -0.170. The Balaban J connectivity index is 2.12. The van der Waals surface area contributed by atoms with Crippen LogP contribution in [0.3, 0.4) is 0 Å². The first-order valence-corrected chi connectivity index (χ1v) is 6.75. The molecule has 23 heavy (non-hydrogen) atoms. The zero-order chi connectivity index (χ0) is 17.1. The van der Waals surface area contributed by atoms with Gasteiger partial charge >= 0.3 is 6.09 Å². The summed E-state index contributed by atoms with van der Waals surface area (Å²) in [4.78, 5) is 52.3. The Kier molecular flexibility index (Phi) is 4.49. The quantitative estimate of drug-likeness (QED) is 0.777. The molecule has 0 unspecified atom stereocenters. The SMILES string of the molecule is CN(C)c1ccc(NC(=O)ON2C(=O)CCC2=O)cc1C(N)=O. The molecule has 0 aromatic heterocycles. The van der Waals surface area contributed by atoms with Crippen molar-refractivity contribution in [3.63, 3.8) is 0 Å². The van der Waals surface area contributed by atoms with Gasteiger partial charge in [-0.25, -0.2) is 4.79 Å². The Morgan fingerprint density at radius 3 is 2.35 bits per heavy atom. The first-order valence-electron chi connectivity index (χ1n) is 6.75. The molecule has 0 spiro atoms. The Hall–Kier alpha value is -3.10. The van der Waals surface area contributed by atoms with E-state index in [0.29, 0.717) is 10.8 Å². The van der Waals surface area contributed by atoms with Gasteiger partial charge in [-0.05, 0) is 18.2 Å². The summed E-state index contributed by atoms with van der Waals surface area (Å²) in [6, 6.07) is 4.52. The molecule has 122 valence electrons. The van der Waals surface area contributed by atoms with E-state index in [-0.39, 0.29) is 24.1 Å². The van der Waals surface area contributed by atoms with E-state index in [2.05, 4.69) is 10.2 Å². The number of imide groups is 1. The van der Waals surface area contributed by atoms with Gasteiger partial charge < -0.3 is 15.5 Å². The van der Waals surface area contributed by atoms with E-state index in [4.69, 9.17) is 5.73 Å². The maximum absolute atomic E-state index is 11.8. The molecule has 1 fully saturated rings. The lowest BCUT2D eigenvalue weighted by Crippen LogP contribution is -2.34. The van der Waals surface area contributed by atoms with Crippen LogP contribution in [0.5, 0.6) is 0 Å². The molecule has 4 amide bonds. The molecule has 0 saturated carbocycles. The number of benzene rings is 1. The zero-order valence-corrected chi connectivity index (χ0v) is 12.7. The van der Waals surface area contributed by atoms with Crippen LogP contribution in [0.15, 0.2) is 18.2 Å². The topological polar surface area (TPSA) is 122 Å². The van der Waals surface area contributed by atoms with Gasteiger partial charge in [0.2, 0.25) is 0 Å². The standard InChI is InChI=1S/C14H16N4O5/c1-17(2)10-4-3-8(7-9(10)13(15)21)16-14(22)23-18-11(19)5-6-12(18)20/h3-4,7H,5-6H2,1-2H3,(H2,15,21)(H,16,22). The summed E-state index contributed by atoms with van der Waals surface area (Å²) in [5, 5.41) is 2.77. The molecule has 1 aromatic rings. The van der Waals surface area contributed by atoms with Crippen LogP contribution >= 0.6 is 0 Å². The van der Waals surface area contributed by atoms with Crippen molar-refractivity contribution >= 4 is 35.2 Å². The number of hydrogen-bond donors (Lipinski definition) is 2. The molecular weight excluding hydrogens is 304 g/mol. The lowest BCUT2D eigenvalue weighted by Gasteiger charge is -2.17. The minimum Gasteiger partial charge on any atom is -0.377 e. The highest BCUT2D eigenvalue weighted by Gasteiger charge is 2.32. The van der Waals surface area contributed by atoms with Crippen molar-refractivity contribution in [2.45, 2.75) is 12.8 Å². The highest BCUT2D eigenvalue weighted by atomic mass is 16.7. The summed E-state index contributed by atoms with van der Waals surface area (Å²) in [7, 11) is 3.49. The number of nitrogens with zero attached hydrogens (tertiary/aromatic N) is 2. The number of carbonyl (C=O) groups excluding carboxylic acids is 4. The maximum atomic E-state index is 11.8.